The molecule has 0 aliphatic carbocycles. The maximum Gasteiger partial charge on any atom is 0.261 e. The first-order valence-corrected chi connectivity index (χ1v) is 6.56. The van der Waals surface area contributed by atoms with E-state index >= 15 is 0 Å². The molecule has 1 amide bonds. The highest BCUT2D eigenvalue weighted by atomic mass is 32.1. The van der Waals surface area contributed by atoms with Crippen LogP contribution in [-0.2, 0) is 0 Å². The largest absolute Gasteiger partial charge is 0.351 e. The Morgan fingerprint density at radius 2 is 1.94 bits per heavy atom. The monoisotopic (exact) mass is 245 g/mol. The lowest BCUT2D eigenvalue weighted by molar-refractivity contribution is 0.0957. The molecule has 0 bridgehead atoms. The summed E-state index contributed by atoms with van der Waals surface area (Å²) in [6.07, 6.45) is 0.961. The molecule has 2 nitrogen and oxygen atoms in total. The Morgan fingerprint density at radius 1 is 1.18 bits per heavy atom. The SMILES string of the molecule is CCCNC(=O)c1ccc(-c2ccccc2)s1. The van der Waals surface area contributed by atoms with Crippen LogP contribution in [0.2, 0.25) is 0 Å². The highest BCUT2D eigenvalue weighted by Crippen LogP contribution is 2.27. The van der Waals surface area contributed by atoms with Crippen LogP contribution >= 0.6 is 11.3 Å². The van der Waals surface area contributed by atoms with Crippen molar-refractivity contribution in [3.8, 4) is 10.4 Å². The normalized spacial score (nSPS) is 10.2. The van der Waals surface area contributed by atoms with E-state index in [1.165, 1.54) is 11.3 Å². The molecule has 0 fully saturated rings. The van der Waals surface area contributed by atoms with E-state index in [0.717, 1.165) is 28.3 Å². The molecule has 0 saturated carbocycles. The van der Waals surface area contributed by atoms with Gasteiger partial charge in [-0.2, -0.15) is 0 Å². The first-order valence-electron chi connectivity index (χ1n) is 5.74. The van der Waals surface area contributed by atoms with Crippen LogP contribution in [0.3, 0.4) is 0 Å². The topological polar surface area (TPSA) is 29.1 Å². The summed E-state index contributed by atoms with van der Waals surface area (Å²) in [5.41, 5.74) is 1.16. The summed E-state index contributed by atoms with van der Waals surface area (Å²) in [4.78, 5) is 13.7. The fourth-order valence-electron chi connectivity index (χ4n) is 1.54. The van der Waals surface area contributed by atoms with E-state index in [0.29, 0.717) is 0 Å². The molecule has 0 unspecified atom stereocenters. The van der Waals surface area contributed by atoms with Gasteiger partial charge in [0.2, 0.25) is 0 Å². The van der Waals surface area contributed by atoms with E-state index in [1.807, 2.05) is 37.3 Å². The lowest BCUT2D eigenvalue weighted by Gasteiger charge is -1.99. The molecule has 0 saturated heterocycles. The van der Waals surface area contributed by atoms with Gasteiger partial charge in [0.15, 0.2) is 0 Å². The van der Waals surface area contributed by atoms with Crippen molar-refractivity contribution in [2.75, 3.05) is 6.54 Å². The summed E-state index contributed by atoms with van der Waals surface area (Å²) in [5, 5.41) is 2.88. The summed E-state index contributed by atoms with van der Waals surface area (Å²) in [6, 6.07) is 14.0. The standard InChI is InChI=1S/C14H15NOS/c1-2-10-15-14(16)13-9-8-12(17-13)11-6-4-3-5-7-11/h3-9H,2,10H2,1H3,(H,15,16). The maximum atomic E-state index is 11.7. The zero-order valence-corrected chi connectivity index (χ0v) is 10.6. The molecule has 1 N–H and O–H groups in total. The van der Waals surface area contributed by atoms with Gasteiger partial charge in [-0.15, -0.1) is 11.3 Å². The number of thiophene rings is 1. The van der Waals surface area contributed by atoms with Gasteiger partial charge in [-0.1, -0.05) is 37.3 Å². The van der Waals surface area contributed by atoms with Gasteiger partial charge in [-0.05, 0) is 24.1 Å². The lowest BCUT2D eigenvalue weighted by atomic mass is 10.2. The fraction of sp³-hybridized carbons (Fsp3) is 0.214. The average Bonchev–Trinajstić information content (AvgIpc) is 2.86. The highest BCUT2D eigenvalue weighted by Gasteiger charge is 2.08. The summed E-state index contributed by atoms with van der Waals surface area (Å²) in [6.45, 7) is 2.78. The molecule has 2 aromatic rings. The van der Waals surface area contributed by atoms with Crippen molar-refractivity contribution in [3.05, 3.63) is 47.3 Å². The van der Waals surface area contributed by atoms with Gasteiger partial charge in [-0.25, -0.2) is 0 Å². The van der Waals surface area contributed by atoms with Crippen LogP contribution in [0, 0.1) is 0 Å². The second kappa shape index (κ2) is 5.64. The number of carbonyl (C=O) groups excluding carboxylic acids is 1. The van der Waals surface area contributed by atoms with Crippen LogP contribution in [0.4, 0.5) is 0 Å². The Hall–Kier alpha value is -1.61. The molecule has 1 aromatic heterocycles. The summed E-state index contributed by atoms with van der Waals surface area (Å²) < 4.78 is 0. The second-order valence-electron chi connectivity index (χ2n) is 3.79. The predicted molar refractivity (Wildman–Crippen MR) is 72.4 cm³/mol. The molecular formula is C14H15NOS. The van der Waals surface area contributed by atoms with E-state index in [-0.39, 0.29) is 5.91 Å². The van der Waals surface area contributed by atoms with E-state index in [9.17, 15) is 4.79 Å². The molecule has 0 aliphatic heterocycles. The molecule has 0 radical (unpaired) electrons. The maximum absolute atomic E-state index is 11.7. The van der Waals surface area contributed by atoms with Crippen LogP contribution in [0.1, 0.15) is 23.0 Å². The molecule has 88 valence electrons. The Labute approximate surface area is 105 Å². The average molecular weight is 245 g/mol. The number of carbonyl (C=O) groups is 1. The molecule has 0 atom stereocenters. The van der Waals surface area contributed by atoms with E-state index in [4.69, 9.17) is 0 Å². The highest BCUT2D eigenvalue weighted by molar-refractivity contribution is 7.17. The molecule has 0 spiro atoms. The zero-order valence-electron chi connectivity index (χ0n) is 9.77. The number of nitrogens with one attached hydrogen (secondary N) is 1. The number of hydrogen-bond donors (Lipinski definition) is 1. The second-order valence-corrected chi connectivity index (χ2v) is 4.87. The van der Waals surface area contributed by atoms with Gasteiger partial charge in [0.25, 0.3) is 5.91 Å². The molecule has 1 heterocycles. The van der Waals surface area contributed by atoms with Crippen LogP contribution in [0.25, 0.3) is 10.4 Å². The van der Waals surface area contributed by atoms with Crippen molar-refractivity contribution >= 4 is 17.2 Å². The van der Waals surface area contributed by atoms with Gasteiger partial charge < -0.3 is 5.32 Å². The Morgan fingerprint density at radius 3 is 2.65 bits per heavy atom. The van der Waals surface area contributed by atoms with Crippen LogP contribution in [0.5, 0.6) is 0 Å². The molecule has 0 aliphatic rings. The summed E-state index contributed by atoms with van der Waals surface area (Å²) in [5.74, 6) is 0.0269. The first kappa shape index (κ1) is 11.9. The van der Waals surface area contributed by atoms with Gasteiger partial charge in [0, 0.05) is 11.4 Å². The number of benzene rings is 1. The first-order chi connectivity index (χ1) is 8.31. The van der Waals surface area contributed by atoms with Crippen LogP contribution in [0.15, 0.2) is 42.5 Å². The van der Waals surface area contributed by atoms with Crippen molar-refractivity contribution in [2.24, 2.45) is 0 Å². The quantitative estimate of drug-likeness (QED) is 0.876. The van der Waals surface area contributed by atoms with E-state index in [1.54, 1.807) is 0 Å². The number of amides is 1. The predicted octanol–water partition coefficient (Wildman–Crippen LogP) is 3.55. The summed E-state index contributed by atoms with van der Waals surface area (Å²) >= 11 is 1.53. The summed E-state index contributed by atoms with van der Waals surface area (Å²) in [7, 11) is 0. The molecule has 2 rings (SSSR count). The van der Waals surface area contributed by atoms with Crippen molar-refractivity contribution in [2.45, 2.75) is 13.3 Å². The number of rotatable bonds is 4. The lowest BCUT2D eigenvalue weighted by Crippen LogP contribution is -2.22. The minimum Gasteiger partial charge on any atom is -0.351 e. The van der Waals surface area contributed by atoms with Gasteiger partial charge >= 0.3 is 0 Å². The van der Waals surface area contributed by atoms with Crippen molar-refractivity contribution in [3.63, 3.8) is 0 Å². The van der Waals surface area contributed by atoms with Crippen molar-refractivity contribution in [1.29, 1.82) is 0 Å². The molecule has 1 aromatic carbocycles. The fourth-order valence-corrected chi connectivity index (χ4v) is 2.47. The zero-order chi connectivity index (χ0) is 12.1. The van der Waals surface area contributed by atoms with Crippen LogP contribution < -0.4 is 5.32 Å². The van der Waals surface area contributed by atoms with Gasteiger partial charge in [0.1, 0.15) is 0 Å². The minimum absolute atomic E-state index is 0.0269. The Balaban J connectivity index is 2.14. The molecule has 17 heavy (non-hydrogen) atoms. The van der Waals surface area contributed by atoms with Gasteiger partial charge in [0.05, 0.1) is 4.88 Å². The third-order valence-corrected chi connectivity index (χ3v) is 3.56. The number of hydrogen-bond acceptors (Lipinski definition) is 2. The van der Waals surface area contributed by atoms with Crippen molar-refractivity contribution in [1.82, 2.24) is 5.32 Å². The third kappa shape index (κ3) is 2.94. The van der Waals surface area contributed by atoms with E-state index < -0.39 is 0 Å². The van der Waals surface area contributed by atoms with Crippen LogP contribution in [-0.4, -0.2) is 12.5 Å². The smallest absolute Gasteiger partial charge is 0.261 e. The van der Waals surface area contributed by atoms with Gasteiger partial charge in [-0.3, -0.25) is 4.79 Å². The van der Waals surface area contributed by atoms with Crippen molar-refractivity contribution < 1.29 is 4.79 Å². The van der Waals surface area contributed by atoms with E-state index in [2.05, 4.69) is 17.4 Å². The molecule has 3 heteroatoms. The Bertz CT molecular complexity index is 490. The molecular weight excluding hydrogens is 230 g/mol. The Kier molecular flexibility index (Phi) is 3.94. The minimum atomic E-state index is 0.0269. The third-order valence-electron chi connectivity index (χ3n) is 2.42.